The zero-order valence-corrected chi connectivity index (χ0v) is 17.3. The summed E-state index contributed by atoms with van der Waals surface area (Å²) in [6.45, 7) is 2.69. The van der Waals surface area contributed by atoms with Crippen LogP contribution in [0.25, 0.3) is 0 Å². The largest absolute Gasteiger partial charge is 0.378 e. The van der Waals surface area contributed by atoms with Gasteiger partial charge in [0.1, 0.15) is 0 Å². The molecule has 2 aromatic carbocycles. The second-order valence-electron chi connectivity index (χ2n) is 7.34. The van der Waals surface area contributed by atoms with Gasteiger partial charge in [-0.25, -0.2) is 0 Å². The Labute approximate surface area is 167 Å². The maximum absolute atomic E-state index is 12.2. The minimum absolute atomic E-state index is 0.0231. The molecular weight excluding hydrogens is 352 g/mol. The van der Waals surface area contributed by atoms with Crippen LogP contribution in [0.2, 0.25) is 0 Å². The molecule has 2 N–H and O–H groups in total. The molecule has 0 aromatic heterocycles. The van der Waals surface area contributed by atoms with Gasteiger partial charge in [0, 0.05) is 32.9 Å². The van der Waals surface area contributed by atoms with E-state index in [0.717, 1.165) is 22.4 Å². The van der Waals surface area contributed by atoms with Crippen LogP contribution in [0.4, 0.5) is 5.69 Å². The van der Waals surface area contributed by atoms with Gasteiger partial charge in [-0.15, -0.1) is 0 Å². The first-order valence-corrected chi connectivity index (χ1v) is 9.33. The number of anilines is 1. The Kier molecular flexibility index (Phi) is 7.58. The number of aryl methyl sites for hydroxylation is 1. The minimum atomic E-state index is -0.624. The number of likely N-dealkylation sites (N-methyl/N-ethyl adjacent to an activating group) is 1. The highest BCUT2D eigenvalue weighted by molar-refractivity contribution is 6.35. The van der Waals surface area contributed by atoms with Crippen molar-refractivity contribution in [3.8, 4) is 0 Å². The van der Waals surface area contributed by atoms with E-state index in [1.807, 2.05) is 93.4 Å². The van der Waals surface area contributed by atoms with E-state index in [1.165, 1.54) is 0 Å². The van der Waals surface area contributed by atoms with E-state index < -0.39 is 11.8 Å². The van der Waals surface area contributed by atoms with E-state index in [4.69, 9.17) is 0 Å². The molecule has 0 heterocycles. The van der Waals surface area contributed by atoms with Crippen LogP contribution in [0.3, 0.4) is 0 Å². The lowest BCUT2D eigenvalue weighted by atomic mass is 10.1. The van der Waals surface area contributed by atoms with Crippen LogP contribution in [0.15, 0.2) is 48.5 Å². The highest BCUT2D eigenvalue weighted by atomic mass is 16.2. The summed E-state index contributed by atoms with van der Waals surface area (Å²) in [5, 5.41) is 5.40. The predicted molar refractivity (Wildman–Crippen MR) is 113 cm³/mol. The first-order valence-electron chi connectivity index (χ1n) is 9.33. The van der Waals surface area contributed by atoms with E-state index in [-0.39, 0.29) is 6.04 Å². The average molecular weight is 383 g/mol. The van der Waals surface area contributed by atoms with Gasteiger partial charge in [-0.05, 0) is 44.3 Å². The predicted octanol–water partition coefficient (Wildman–Crippen LogP) is 2.10. The Bertz CT molecular complexity index is 783. The molecule has 1 atom stereocenters. The van der Waals surface area contributed by atoms with Crippen LogP contribution < -0.4 is 15.5 Å². The van der Waals surface area contributed by atoms with Crippen LogP contribution in [-0.2, 0) is 16.1 Å². The van der Waals surface area contributed by atoms with Crippen molar-refractivity contribution in [2.24, 2.45) is 0 Å². The van der Waals surface area contributed by atoms with Crippen molar-refractivity contribution in [1.29, 1.82) is 0 Å². The Balaban J connectivity index is 1.90. The second-order valence-corrected chi connectivity index (χ2v) is 7.34. The monoisotopic (exact) mass is 382 g/mol. The van der Waals surface area contributed by atoms with Gasteiger partial charge in [0.2, 0.25) is 0 Å². The molecule has 0 unspecified atom stereocenters. The smallest absolute Gasteiger partial charge is 0.309 e. The van der Waals surface area contributed by atoms with Crippen LogP contribution in [0, 0.1) is 6.92 Å². The maximum Gasteiger partial charge on any atom is 0.309 e. The van der Waals surface area contributed by atoms with Gasteiger partial charge in [0.25, 0.3) is 0 Å². The molecule has 0 radical (unpaired) electrons. The summed E-state index contributed by atoms with van der Waals surface area (Å²) < 4.78 is 0. The van der Waals surface area contributed by atoms with Gasteiger partial charge in [0.15, 0.2) is 0 Å². The Morgan fingerprint density at radius 1 is 0.857 bits per heavy atom. The summed E-state index contributed by atoms with van der Waals surface area (Å²) in [4.78, 5) is 28.3. The third-order valence-electron chi connectivity index (χ3n) is 4.65. The molecule has 0 spiro atoms. The van der Waals surface area contributed by atoms with Crippen molar-refractivity contribution in [2.75, 3.05) is 39.6 Å². The van der Waals surface area contributed by atoms with Gasteiger partial charge >= 0.3 is 11.8 Å². The molecule has 0 aliphatic carbocycles. The summed E-state index contributed by atoms with van der Waals surface area (Å²) in [5.74, 6) is -1.25. The summed E-state index contributed by atoms with van der Waals surface area (Å²) in [5.41, 5.74) is 4.30. The van der Waals surface area contributed by atoms with Crippen LogP contribution in [0.5, 0.6) is 0 Å². The molecular formula is C22H30N4O2. The van der Waals surface area contributed by atoms with Crippen molar-refractivity contribution in [3.63, 3.8) is 0 Å². The molecule has 28 heavy (non-hydrogen) atoms. The van der Waals surface area contributed by atoms with Crippen molar-refractivity contribution in [2.45, 2.75) is 19.5 Å². The number of benzene rings is 2. The minimum Gasteiger partial charge on any atom is -0.378 e. The standard InChI is InChI=1S/C22H30N4O2/c1-16-6-8-17(9-7-16)14-23-21(27)22(28)24-15-20(26(4)5)18-10-12-19(13-11-18)25(2)3/h6-13,20H,14-15H2,1-5H3,(H,23,27)(H,24,28)/t20-/m0/s1. The summed E-state index contributed by atoms with van der Waals surface area (Å²) in [6.07, 6.45) is 0. The molecule has 2 aromatic rings. The third-order valence-corrected chi connectivity index (χ3v) is 4.65. The summed E-state index contributed by atoms with van der Waals surface area (Å²) in [6, 6.07) is 16.0. The molecule has 0 fully saturated rings. The summed E-state index contributed by atoms with van der Waals surface area (Å²) in [7, 11) is 7.89. The zero-order chi connectivity index (χ0) is 20.7. The molecule has 0 bridgehead atoms. The topological polar surface area (TPSA) is 64.7 Å². The first-order chi connectivity index (χ1) is 13.3. The van der Waals surface area contributed by atoms with Crippen LogP contribution in [0.1, 0.15) is 22.7 Å². The number of nitrogens with zero attached hydrogens (tertiary/aromatic N) is 2. The highest BCUT2D eigenvalue weighted by Gasteiger charge is 2.18. The van der Waals surface area contributed by atoms with E-state index in [1.54, 1.807) is 0 Å². The van der Waals surface area contributed by atoms with Crippen molar-refractivity contribution in [1.82, 2.24) is 15.5 Å². The van der Waals surface area contributed by atoms with Crippen molar-refractivity contribution >= 4 is 17.5 Å². The molecule has 0 saturated carbocycles. The van der Waals surface area contributed by atoms with Gasteiger partial charge in [-0.3, -0.25) is 9.59 Å². The van der Waals surface area contributed by atoms with Gasteiger partial charge in [-0.1, -0.05) is 42.0 Å². The Morgan fingerprint density at radius 3 is 1.96 bits per heavy atom. The molecule has 6 nitrogen and oxygen atoms in total. The molecule has 6 heteroatoms. The Morgan fingerprint density at radius 2 is 1.43 bits per heavy atom. The fraction of sp³-hybridized carbons (Fsp3) is 0.364. The van der Waals surface area contributed by atoms with E-state index in [0.29, 0.717) is 13.1 Å². The molecule has 2 rings (SSSR count). The average Bonchev–Trinajstić information content (AvgIpc) is 2.67. The number of carbonyl (C=O) groups excluding carboxylic acids is 2. The summed E-state index contributed by atoms with van der Waals surface area (Å²) >= 11 is 0. The van der Waals surface area contributed by atoms with Crippen LogP contribution >= 0.6 is 0 Å². The number of nitrogens with one attached hydrogen (secondary N) is 2. The van der Waals surface area contributed by atoms with Crippen molar-refractivity contribution in [3.05, 3.63) is 65.2 Å². The van der Waals surface area contributed by atoms with Crippen LogP contribution in [-0.4, -0.2) is 51.4 Å². The fourth-order valence-corrected chi connectivity index (χ4v) is 2.83. The zero-order valence-electron chi connectivity index (χ0n) is 17.3. The first kappa shape index (κ1) is 21.4. The number of rotatable bonds is 7. The molecule has 0 saturated heterocycles. The van der Waals surface area contributed by atoms with Gasteiger partial charge < -0.3 is 20.4 Å². The molecule has 0 aliphatic rings. The quantitative estimate of drug-likeness (QED) is 0.720. The molecule has 150 valence electrons. The number of hydrogen-bond donors (Lipinski definition) is 2. The third kappa shape index (κ3) is 6.09. The molecule has 2 amide bonds. The maximum atomic E-state index is 12.2. The second kappa shape index (κ2) is 9.90. The number of amides is 2. The van der Waals surface area contributed by atoms with Gasteiger partial charge in [-0.2, -0.15) is 0 Å². The fourth-order valence-electron chi connectivity index (χ4n) is 2.83. The van der Waals surface area contributed by atoms with Crippen molar-refractivity contribution < 1.29 is 9.59 Å². The lowest BCUT2D eigenvalue weighted by Gasteiger charge is -2.25. The number of carbonyl (C=O) groups is 2. The van der Waals surface area contributed by atoms with E-state index >= 15 is 0 Å². The normalized spacial score (nSPS) is 11.8. The van der Waals surface area contributed by atoms with E-state index in [9.17, 15) is 9.59 Å². The Hall–Kier alpha value is -2.86. The lowest BCUT2D eigenvalue weighted by molar-refractivity contribution is -0.139. The molecule has 0 aliphatic heterocycles. The SMILES string of the molecule is Cc1ccc(CNC(=O)C(=O)NC[C@@H](c2ccc(N(C)C)cc2)N(C)C)cc1. The number of hydrogen-bond acceptors (Lipinski definition) is 4. The lowest BCUT2D eigenvalue weighted by Crippen LogP contribution is -2.42. The highest BCUT2D eigenvalue weighted by Crippen LogP contribution is 2.20. The van der Waals surface area contributed by atoms with E-state index in [2.05, 4.69) is 10.6 Å². The van der Waals surface area contributed by atoms with Gasteiger partial charge in [0.05, 0.1) is 6.04 Å².